The molecular formula is C62H76F2N12O9. The van der Waals surface area contributed by atoms with Gasteiger partial charge in [0.15, 0.2) is 0 Å². The topological polar surface area (TPSA) is 279 Å². The van der Waals surface area contributed by atoms with Crippen molar-refractivity contribution in [2.75, 3.05) is 63.2 Å². The molecule has 0 saturated heterocycles. The van der Waals surface area contributed by atoms with Gasteiger partial charge in [0, 0.05) is 104 Å². The predicted molar refractivity (Wildman–Crippen MR) is 318 cm³/mol. The number of ether oxygens (including phenoxy) is 1. The number of aliphatic imine (C=N–C) groups is 1. The fourth-order valence-corrected chi connectivity index (χ4v) is 9.82. The number of amides is 8. The number of carbonyl (C=O) groups excluding carboxylic acids is 8. The van der Waals surface area contributed by atoms with E-state index in [2.05, 4.69) is 46.8 Å². The van der Waals surface area contributed by atoms with Crippen molar-refractivity contribution in [2.24, 2.45) is 16.6 Å². The number of halogens is 2. The van der Waals surface area contributed by atoms with Gasteiger partial charge in [0.25, 0.3) is 29.6 Å². The maximum absolute atomic E-state index is 14.8. The zero-order valence-electron chi connectivity index (χ0n) is 48.6. The molecule has 1 atom stereocenters. The number of benzene rings is 3. The van der Waals surface area contributed by atoms with Gasteiger partial charge in [-0.1, -0.05) is 64.4 Å². The van der Waals surface area contributed by atoms with Crippen LogP contribution in [0.2, 0.25) is 0 Å². The van der Waals surface area contributed by atoms with Gasteiger partial charge in [0.2, 0.25) is 23.6 Å². The number of hydrogen-bond acceptors (Lipinski definition) is 14. The average Bonchev–Trinajstić information content (AvgIpc) is 3.68. The van der Waals surface area contributed by atoms with Gasteiger partial charge in [-0.3, -0.25) is 58.5 Å². The quantitative estimate of drug-likeness (QED) is 0.0176. The van der Waals surface area contributed by atoms with Crippen molar-refractivity contribution in [1.82, 2.24) is 41.0 Å². The smallest absolute Gasteiger partial charge is 0.277 e. The third kappa shape index (κ3) is 19.2. The number of aromatic nitrogens is 1. The van der Waals surface area contributed by atoms with Gasteiger partial charge < -0.3 is 42.0 Å². The van der Waals surface area contributed by atoms with Gasteiger partial charge in [-0.05, 0) is 96.8 Å². The van der Waals surface area contributed by atoms with Crippen LogP contribution in [0.4, 0.5) is 25.8 Å². The maximum atomic E-state index is 14.8. The molecule has 0 bridgehead atoms. The SMILES string of the molecule is CCCN(CCC)C(=O)C1=Cc2ccc(C(=O)Nc3cnc4c(c3)CN(Cc3ccc(C(=O)NCC(F)(F)CNCOCc5ccc(NC(=O)CNC(=O)C(NC(=O)CCCCCN6C(=O)C=CC6=O)C(C)C)cc5)cc3)CC4)cc2N=C(N)C1. The molecule has 3 aromatic carbocycles. The lowest BCUT2D eigenvalue weighted by Crippen LogP contribution is -2.51. The van der Waals surface area contributed by atoms with E-state index in [1.165, 1.54) is 12.2 Å². The molecule has 1 unspecified atom stereocenters. The summed E-state index contributed by atoms with van der Waals surface area (Å²) in [5.41, 5.74) is 13.1. The molecule has 8 amide bonds. The number of nitrogens with two attached hydrogens (primary N) is 1. The first-order valence-electron chi connectivity index (χ1n) is 28.8. The second-order valence-corrected chi connectivity index (χ2v) is 21.6. The minimum Gasteiger partial charge on any atom is -0.387 e. The Hall–Kier alpha value is -8.54. The Morgan fingerprint density at radius 1 is 0.800 bits per heavy atom. The number of nitrogens with one attached hydrogen (secondary N) is 6. The van der Waals surface area contributed by atoms with Crippen molar-refractivity contribution < 1.29 is 51.9 Å². The summed E-state index contributed by atoms with van der Waals surface area (Å²) >= 11 is 0. The molecule has 7 rings (SSSR count). The van der Waals surface area contributed by atoms with Crippen LogP contribution in [-0.2, 0) is 59.6 Å². The van der Waals surface area contributed by atoms with Gasteiger partial charge in [0.1, 0.15) is 11.9 Å². The molecular weight excluding hydrogens is 1090 g/mol. The molecule has 4 aromatic rings. The van der Waals surface area contributed by atoms with Gasteiger partial charge in [-0.25, -0.2) is 13.8 Å². The van der Waals surface area contributed by atoms with Crippen LogP contribution in [0.15, 0.2) is 102 Å². The molecule has 1 aromatic heterocycles. The first-order chi connectivity index (χ1) is 40.8. The number of rotatable bonds is 30. The number of amidine groups is 1. The number of alkyl halides is 2. The van der Waals surface area contributed by atoms with E-state index >= 15 is 0 Å². The first kappa shape index (κ1) is 64.0. The Balaban J connectivity index is 0.766. The summed E-state index contributed by atoms with van der Waals surface area (Å²) in [7, 11) is 0. The lowest BCUT2D eigenvalue weighted by atomic mass is 10.0. The average molecular weight is 1170 g/mol. The molecule has 0 spiro atoms. The van der Waals surface area contributed by atoms with Gasteiger partial charge >= 0.3 is 0 Å². The van der Waals surface area contributed by atoms with Crippen LogP contribution < -0.4 is 37.6 Å². The molecule has 23 heteroatoms. The summed E-state index contributed by atoms with van der Waals surface area (Å²) in [5.74, 6) is -6.37. The number of pyridine rings is 1. The van der Waals surface area contributed by atoms with Gasteiger partial charge in [0.05, 0.1) is 50.5 Å². The maximum Gasteiger partial charge on any atom is 0.277 e. The van der Waals surface area contributed by atoms with Crippen LogP contribution in [0.1, 0.15) is 121 Å². The van der Waals surface area contributed by atoms with E-state index in [1.807, 2.05) is 30.9 Å². The molecule has 8 N–H and O–H groups in total. The third-order valence-corrected chi connectivity index (χ3v) is 14.3. The van der Waals surface area contributed by atoms with E-state index in [4.69, 9.17) is 10.5 Å². The highest BCUT2D eigenvalue weighted by molar-refractivity contribution is 6.13. The fraction of sp³-hybridized carbons (Fsp3) is 0.419. The van der Waals surface area contributed by atoms with Crippen LogP contribution in [0.25, 0.3) is 6.08 Å². The number of carbonyl (C=O) groups is 8. The zero-order valence-corrected chi connectivity index (χ0v) is 48.6. The van der Waals surface area contributed by atoms with E-state index in [0.29, 0.717) is 91.2 Å². The van der Waals surface area contributed by atoms with Gasteiger partial charge in [-0.2, -0.15) is 0 Å². The van der Waals surface area contributed by atoms with Crippen LogP contribution in [0, 0.1) is 5.92 Å². The Labute approximate surface area is 493 Å². The minimum absolute atomic E-state index is 0.0665. The fourth-order valence-electron chi connectivity index (χ4n) is 9.82. The van der Waals surface area contributed by atoms with Gasteiger partial charge in [-0.15, -0.1) is 0 Å². The van der Waals surface area contributed by atoms with Crippen molar-refractivity contribution in [3.05, 3.63) is 136 Å². The van der Waals surface area contributed by atoms with Crippen LogP contribution in [0.3, 0.4) is 0 Å². The highest BCUT2D eigenvalue weighted by atomic mass is 19.3. The highest BCUT2D eigenvalue weighted by Crippen LogP contribution is 2.30. The summed E-state index contributed by atoms with van der Waals surface area (Å²) in [6.07, 6.45) is 10.3. The summed E-state index contributed by atoms with van der Waals surface area (Å²) in [5, 5.41) is 15.8. The van der Waals surface area contributed by atoms with E-state index in [0.717, 1.165) is 41.1 Å². The Morgan fingerprint density at radius 2 is 1.51 bits per heavy atom. The highest BCUT2D eigenvalue weighted by Gasteiger charge is 2.30. The second kappa shape index (κ2) is 30.8. The number of fused-ring (bicyclic) bond motifs is 2. The lowest BCUT2D eigenvalue weighted by molar-refractivity contribution is -0.137. The normalized spacial score (nSPS) is 14.4. The van der Waals surface area contributed by atoms with E-state index in [-0.39, 0.29) is 86.1 Å². The summed E-state index contributed by atoms with van der Waals surface area (Å²) in [6, 6.07) is 19.6. The van der Waals surface area contributed by atoms with Crippen LogP contribution in [-0.4, -0.2) is 137 Å². The predicted octanol–water partition coefficient (Wildman–Crippen LogP) is 6.13. The monoisotopic (exact) mass is 1170 g/mol. The molecule has 4 heterocycles. The summed E-state index contributed by atoms with van der Waals surface area (Å²) < 4.78 is 35.2. The van der Waals surface area contributed by atoms with E-state index < -0.39 is 42.8 Å². The Bertz CT molecular complexity index is 3140. The molecule has 3 aliphatic rings. The molecule has 0 saturated carbocycles. The molecule has 21 nitrogen and oxygen atoms in total. The molecule has 0 fully saturated rings. The summed E-state index contributed by atoms with van der Waals surface area (Å²) in [4.78, 5) is 116. The van der Waals surface area contributed by atoms with Crippen molar-refractivity contribution in [1.29, 1.82) is 0 Å². The largest absolute Gasteiger partial charge is 0.387 e. The molecule has 3 aliphatic heterocycles. The summed E-state index contributed by atoms with van der Waals surface area (Å²) in [6.45, 7) is 8.89. The molecule has 85 heavy (non-hydrogen) atoms. The Kier molecular flexibility index (Phi) is 23.2. The number of hydrogen-bond donors (Lipinski definition) is 7. The molecule has 0 radical (unpaired) electrons. The number of nitrogens with zero attached hydrogens (tertiary/aromatic N) is 5. The van der Waals surface area contributed by atoms with E-state index in [9.17, 15) is 47.1 Å². The standard InChI is InChI=1S/C62H76F2N12O9/c1-5-24-75(25-6-2)61(84)46-28-44-17-18-45(30-51(44)72-52(65)31-46)59(82)71-49-29-47-35-74(27-23-50(47)67-32-49)34-41-11-15-43(16-12-41)58(81)69-38-62(63,64)37-66-39-85-36-42-13-19-48(20-14-42)70-54(78)33-68-60(83)57(40(3)4)73-53(77)10-8-7-9-26-76-55(79)21-22-56(76)80/h11-22,28-30,32,40,57,66H,5-10,23-27,31,33-39H2,1-4H3,(H2,65,72)(H,68,83)(H,69,81)(H,70,78)(H,71,82)(H,73,77). The Morgan fingerprint density at radius 3 is 2.21 bits per heavy atom. The van der Waals surface area contributed by atoms with Crippen molar-refractivity contribution in [3.63, 3.8) is 0 Å². The molecule has 0 aliphatic carbocycles. The zero-order chi connectivity index (χ0) is 61.0. The number of anilines is 2. The lowest BCUT2D eigenvalue weighted by Gasteiger charge is -2.28. The number of imide groups is 1. The first-order valence-corrected chi connectivity index (χ1v) is 28.8. The minimum atomic E-state index is -3.29. The third-order valence-electron chi connectivity index (χ3n) is 14.3. The van der Waals surface area contributed by atoms with Crippen LogP contribution in [0.5, 0.6) is 0 Å². The van der Waals surface area contributed by atoms with E-state index in [1.54, 1.807) is 86.8 Å². The van der Waals surface area contributed by atoms with Crippen molar-refractivity contribution in [3.8, 4) is 0 Å². The van der Waals surface area contributed by atoms with Crippen molar-refractivity contribution in [2.45, 2.75) is 111 Å². The van der Waals surface area contributed by atoms with Crippen LogP contribution >= 0.6 is 0 Å². The van der Waals surface area contributed by atoms with Crippen molar-refractivity contribution >= 4 is 76.2 Å². The second-order valence-electron chi connectivity index (χ2n) is 21.6. The molecule has 452 valence electrons. The number of unbranched alkanes of at least 4 members (excludes halogenated alkanes) is 2.